The number of carbonyl (C=O) groups is 1. The second kappa shape index (κ2) is 9.58. The predicted octanol–water partition coefficient (Wildman–Crippen LogP) is 6.01. The number of hydrogen-bond donors (Lipinski definition) is 0. The van der Waals surface area contributed by atoms with Gasteiger partial charge in [0.15, 0.2) is 0 Å². The van der Waals surface area contributed by atoms with E-state index in [2.05, 4.69) is 54.8 Å². The lowest BCUT2D eigenvalue weighted by molar-refractivity contribution is -0.146. The first-order valence-corrected chi connectivity index (χ1v) is 12.7. The zero-order chi connectivity index (χ0) is 23.7. The van der Waals surface area contributed by atoms with Crippen molar-refractivity contribution in [3.8, 4) is 5.75 Å². The molecule has 0 aromatic heterocycles. The molecule has 3 fully saturated rings. The maximum atomic E-state index is 13.2. The van der Waals surface area contributed by atoms with Gasteiger partial charge in [-0.25, -0.2) is 0 Å². The Balaban J connectivity index is 1.36. The van der Waals surface area contributed by atoms with Gasteiger partial charge in [0.25, 0.3) is 0 Å². The van der Waals surface area contributed by atoms with Crippen LogP contribution in [-0.2, 0) is 22.6 Å². The zero-order valence-corrected chi connectivity index (χ0v) is 20.5. The van der Waals surface area contributed by atoms with Gasteiger partial charge in [-0.2, -0.15) is 0 Å². The quantitative estimate of drug-likeness (QED) is 0.375. The molecule has 0 radical (unpaired) electrons. The van der Waals surface area contributed by atoms with E-state index in [1.165, 1.54) is 29.5 Å². The lowest BCUT2D eigenvalue weighted by atomic mass is 9.55. The molecular weight excluding hydrogens is 422 g/mol. The highest BCUT2D eigenvalue weighted by molar-refractivity contribution is 5.75. The van der Waals surface area contributed by atoms with E-state index < -0.39 is 0 Å². The van der Waals surface area contributed by atoms with Crippen LogP contribution in [0.5, 0.6) is 5.75 Å². The van der Waals surface area contributed by atoms with Gasteiger partial charge in [0.1, 0.15) is 11.9 Å². The molecule has 0 amide bonds. The van der Waals surface area contributed by atoms with Gasteiger partial charge in [-0.3, -0.25) is 9.69 Å². The molecule has 1 heterocycles. The van der Waals surface area contributed by atoms with Crippen LogP contribution in [0.3, 0.4) is 0 Å². The van der Waals surface area contributed by atoms with Crippen molar-refractivity contribution in [1.29, 1.82) is 0 Å². The lowest BCUT2D eigenvalue weighted by Gasteiger charge is -2.50. The largest absolute Gasteiger partial charge is 0.497 e. The van der Waals surface area contributed by atoms with Crippen molar-refractivity contribution < 1.29 is 14.3 Å². The van der Waals surface area contributed by atoms with Crippen LogP contribution in [0.15, 0.2) is 66.7 Å². The Hall–Kier alpha value is -2.59. The molecule has 0 N–H and O–H groups in total. The van der Waals surface area contributed by atoms with Crippen molar-refractivity contribution in [2.45, 2.75) is 58.2 Å². The maximum absolute atomic E-state index is 13.2. The first-order chi connectivity index (χ1) is 16.4. The van der Waals surface area contributed by atoms with Gasteiger partial charge in [0.2, 0.25) is 0 Å². The summed E-state index contributed by atoms with van der Waals surface area (Å²) in [6.07, 6.45) is 5.66. The van der Waals surface area contributed by atoms with E-state index in [1.807, 2.05) is 18.2 Å². The molecule has 4 heteroatoms. The van der Waals surface area contributed by atoms with Crippen LogP contribution < -0.4 is 4.74 Å². The van der Waals surface area contributed by atoms with Crippen molar-refractivity contribution in [2.75, 3.05) is 13.7 Å². The Bertz CT molecular complexity index is 1020. The number of ether oxygens (including phenoxy) is 2. The van der Waals surface area contributed by atoms with Crippen molar-refractivity contribution in [3.63, 3.8) is 0 Å². The van der Waals surface area contributed by atoms with Gasteiger partial charge in [-0.1, -0.05) is 61.5 Å². The van der Waals surface area contributed by atoms with E-state index in [4.69, 9.17) is 9.47 Å². The molecule has 3 aliphatic rings. The predicted molar refractivity (Wildman–Crippen MR) is 134 cm³/mol. The second-order valence-electron chi connectivity index (χ2n) is 10.9. The van der Waals surface area contributed by atoms with Gasteiger partial charge >= 0.3 is 5.97 Å². The number of fused-ring (bicyclic) bond motifs is 2. The summed E-state index contributed by atoms with van der Waals surface area (Å²) in [7, 11) is 1.69. The average molecular weight is 460 g/mol. The van der Waals surface area contributed by atoms with Gasteiger partial charge in [0.05, 0.1) is 13.0 Å². The van der Waals surface area contributed by atoms with Crippen LogP contribution >= 0.6 is 0 Å². The van der Waals surface area contributed by atoms with Crippen LogP contribution in [0.1, 0.15) is 50.2 Å². The molecule has 5 atom stereocenters. The highest BCUT2D eigenvalue weighted by Crippen LogP contribution is 2.57. The summed E-state index contributed by atoms with van der Waals surface area (Å²) in [6.45, 7) is 9.15. The van der Waals surface area contributed by atoms with E-state index in [0.717, 1.165) is 44.6 Å². The molecule has 0 spiro atoms. The number of benzene rings is 2. The molecule has 1 aliphatic heterocycles. The molecule has 2 saturated carbocycles. The first-order valence-electron chi connectivity index (χ1n) is 12.7. The molecular formula is C30H37NO3. The van der Waals surface area contributed by atoms with E-state index >= 15 is 0 Å². The van der Waals surface area contributed by atoms with E-state index in [9.17, 15) is 4.79 Å². The normalized spacial score (nSPS) is 30.6. The summed E-state index contributed by atoms with van der Waals surface area (Å²) in [5.74, 6) is 1.58. The topological polar surface area (TPSA) is 38.8 Å². The van der Waals surface area contributed by atoms with Gasteiger partial charge in [-0.05, 0) is 66.7 Å². The number of rotatable bonds is 7. The Morgan fingerprint density at radius 1 is 1.09 bits per heavy atom. The van der Waals surface area contributed by atoms with Crippen LogP contribution in [0.4, 0.5) is 0 Å². The molecule has 2 aliphatic carbocycles. The summed E-state index contributed by atoms with van der Waals surface area (Å²) in [5.41, 5.74) is 4.11. The third-order valence-corrected chi connectivity index (χ3v) is 8.59. The van der Waals surface area contributed by atoms with E-state index in [0.29, 0.717) is 5.92 Å². The SMILES string of the molecule is C=C1CCC[C@]2(C)C[C@H]3OC(=O)[C@@H](CN(Cc4ccccc4)Cc4ccc(OC)cc4)[C@@H]3C[C@@H]12. The van der Waals surface area contributed by atoms with Crippen LogP contribution in [0.25, 0.3) is 0 Å². The monoisotopic (exact) mass is 459 g/mol. The van der Waals surface area contributed by atoms with Crippen LogP contribution in [0, 0.1) is 23.2 Å². The fraction of sp³-hybridized carbons (Fsp3) is 0.500. The fourth-order valence-electron chi connectivity index (χ4n) is 6.76. The first kappa shape index (κ1) is 23.2. The van der Waals surface area contributed by atoms with Crippen molar-refractivity contribution >= 4 is 5.97 Å². The Morgan fingerprint density at radius 2 is 1.79 bits per heavy atom. The molecule has 180 valence electrons. The molecule has 5 rings (SSSR count). The minimum absolute atomic E-state index is 0.00403. The molecule has 1 saturated heterocycles. The molecule has 0 bridgehead atoms. The number of allylic oxidation sites excluding steroid dienone is 1. The van der Waals surface area contributed by atoms with Gasteiger partial charge in [0, 0.05) is 25.6 Å². The summed E-state index contributed by atoms with van der Waals surface area (Å²) in [6, 6.07) is 18.8. The third-order valence-electron chi connectivity index (χ3n) is 8.59. The third kappa shape index (κ3) is 4.65. The number of methoxy groups -OCH3 is 1. The second-order valence-corrected chi connectivity index (χ2v) is 10.9. The maximum Gasteiger partial charge on any atom is 0.310 e. The Labute approximate surface area is 203 Å². The van der Waals surface area contributed by atoms with Crippen molar-refractivity contribution in [2.24, 2.45) is 23.2 Å². The molecule has 2 aromatic rings. The summed E-state index contributed by atoms with van der Waals surface area (Å²) in [5, 5.41) is 0. The van der Waals surface area contributed by atoms with Crippen LogP contribution in [-0.4, -0.2) is 30.6 Å². The Kier molecular flexibility index (Phi) is 6.52. The number of hydrogen-bond acceptors (Lipinski definition) is 4. The highest BCUT2D eigenvalue weighted by atomic mass is 16.6. The average Bonchev–Trinajstić information content (AvgIpc) is 3.12. The summed E-state index contributed by atoms with van der Waals surface area (Å²) >= 11 is 0. The van der Waals surface area contributed by atoms with Crippen molar-refractivity contribution in [1.82, 2.24) is 4.90 Å². The molecule has 4 nitrogen and oxygen atoms in total. The van der Waals surface area contributed by atoms with Gasteiger partial charge < -0.3 is 9.47 Å². The molecule has 34 heavy (non-hydrogen) atoms. The number of nitrogens with zero attached hydrogens (tertiary/aromatic N) is 1. The fourth-order valence-corrected chi connectivity index (χ4v) is 6.76. The van der Waals surface area contributed by atoms with Crippen LogP contribution in [0.2, 0.25) is 0 Å². The zero-order valence-electron chi connectivity index (χ0n) is 20.5. The minimum atomic E-state index is -0.0776. The molecule has 0 unspecified atom stereocenters. The minimum Gasteiger partial charge on any atom is -0.497 e. The Morgan fingerprint density at radius 3 is 2.50 bits per heavy atom. The standard InChI is InChI=1S/C30H37NO3/c1-21-8-7-15-30(2)17-28-25(16-27(21)30)26(29(32)34-28)20-31(18-22-9-5-4-6-10-22)19-23-11-13-24(33-3)14-12-23/h4-6,9-14,25-28H,1,7-8,15-20H2,2-3H3/t25-,26-,27-,28+,30+/m0/s1. The smallest absolute Gasteiger partial charge is 0.310 e. The summed E-state index contributed by atoms with van der Waals surface area (Å²) < 4.78 is 11.4. The van der Waals surface area contributed by atoms with Crippen molar-refractivity contribution in [3.05, 3.63) is 77.9 Å². The lowest BCUT2D eigenvalue weighted by Crippen LogP contribution is -2.45. The number of esters is 1. The van der Waals surface area contributed by atoms with E-state index in [-0.39, 0.29) is 29.3 Å². The number of carbonyl (C=O) groups excluding carboxylic acids is 1. The van der Waals surface area contributed by atoms with E-state index in [1.54, 1.807) is 7.11 Å². The highest BCUT2D eigenvalue weighted by Gasteiger charge is 2.55. The van der Waals surface area contributed by atoms with Gasteiger partial charge in [-0.15, -0.1) is 0 Å². The molecule has 2 aromatic carbocycles. The summed E-state index contributed by atoms with van der Waals surface area (Å²) in [4.78, 5) is 15.6.